The summed E-state index contributed by atoms with van der Waals surface area (Å²) in [6.07, 6.45) is -0.869. The van der Waals surface area contributed by atoms with Crippen molar-refractivity contribution in [2.45, 2.75) is 38.7 Å². The van der Waals surface area contributed by atoms with Crippen molar-refractivity contribution in [2.24, 2.45) is 0 Å². The highest BCUT2D eigenvalue weighted by Gasteiger charge is 2.13. The number of nitrogens with one attached hydrogen (secondary N) is 1. The van der Waals surface area contributed by atoms with Crippen molar-refractivity contribution in [3.8, 4) is 0 Å². The molecule has 0 aromatic carbocycles. The molecule has 4 nitrogen and oxygen atoms in total. The van der Waals surface area contributed by atoms with Crippen LogP contribution in [0.5, 0.6) is 0 Å². The Morgan fingerprint density at radius 1 is 1.50 bits per heavy atom. The first-order chi connectivity index (χ1) is 6.35. The average molecular weight is 219 g/mol. The van der Waals surface area contributed by atoms with Gasteiger partial charge in [0.2, 0.25) is 0 Å². The first-order valence-electron chi connectivity index (χ1n) is 4.90. The van der Waals surface area contributed by atoms with Gasteiger partial charge in [-0.15, -0.1) is 0 Å². The normalized spacial score (nSPS) is 13.5. The van der Waals surface area contributed by atoms with Crippen molar-refractivity contribution in [1.82, 2.24) is 5.32 Å². The van der Waals surface area contributed by atoms with Crippen LogP contribution in [0.25, 0.3) is 0 Å². The first-order valence-corrected chi connectivity index (χ1v) is 8.61. The van der Waals surface area contributed by atoms with Gasteiger partial charge in [0.25, 0.3) is 0 Å². The summed E-state index contributed by atoms with van der Waals surface area (Å²) in [6.45, 7) is 8.91. The van der Waals surface area contributed by atoms with Gasteiger partial charge >= 0.3 is 6.09 Å². The van der Waals surface area contributed by atoms with Crippen LogP contribution in [-0.4, -0.2) is 38.5 Å². The molecular formula is C9H21NO3Si. The van der Waals surface area contributed by atoms with E-state index < -0.39 is 20.3 Å². The molecule has 14 heavy (non-hydrogen) atoms. The van der Waals surface area contributed by atoms with Gasteiger partial charge in [-0.3, -0.25) is 0 Å². The molecule has 1 unspecified atom stereocenters. The van der Waals surface area contributed by atoms with Gasteiger partial charge in [-0.25, -0.2) is 4.79 Å². The molecule has 0 radical (unpaired) electrons. The summed E-state index contributed by atoms with van der Waals surface area (Å²) in [7, 11) is -1.09. The second kappa shape index (κ2) is 6.03. The lowest BCUT2D eigenvalue weighted by Gasteiger charge is -2.16. The molecule has 1 atom stereocenters. The highest BCUT2D eigenvalue weighted by atomic mass is 28.3. The Hall–Kier alpha value is -0.553. The summed E-state index contributed by atoms with van der Waals surface area (Å²) in [6, 6.07) is 1.04. The van der Waals surface area contributed by atoms with Crippen molar-refractivity contribution in [1.29, 1.82) is 0 Å². The van der Waals surface area contributed by atoms with Crippen LogP contribution >= 0.6 is 0 Å². The van der Waals surface area contributed by atoms with Gasteiger partial charge in [0, 0.05) is 14.6 Å². The lowest BCUT2D eigenvalue weighted by molar-refractivity contribution is 0.0684. The molecule has 0 aliphatic carbocycles. The minimum Gasteiger partial charge on any atom is -0.444 e. The SMILES string of the molecule is CC(CO)OC(=O)NCC[Si](C)(C)C. The molecule has 0 aromatic heterocycles. The fourth-order valence-corrected chi connectivity index (χ4v) is 1.68. The Kier molecular flexibility index (Phi) is 5.79. The van der Waals surface area contributed by atoms with Crippen LogP contribution in [0.15, 0.2) is 0 Å². The van der Waals surface area contributed by atoms with Gasteiger partial charge in [0.1, 0.15) is 6.10 Å². The van der Waals surface area contributed by atoms with Gasteiger partial charge in [-0.2, -0.15) is 0 Å². The van der Waals surface area contributed by atoms with Crippen LogP contribution in [0.1, 0.15) is 6.92 Å². The van der Waals surface area contributed by atoms with Crippen molar-refractivity contribution in [3.05, 3.63) is 0 Å². The zero-order valence-corrected chi connectivity index (χ0v) is 10.5. The van der Waals surface area contributed by atoms with Gasteiger partial charge in [0.05, 0.1) is 6.61 Å². The van der Waals surface area contributed by atoms with Crippen LogP contribution in [0, 0.1) is 0 Å². The van der Waals surface area contributed by atoms with E-state index >= 15 is 0 Å². The third kappa shape index (κ3) is 8.06. The number of carbonyl (C=O) groups is 1. The molecule has 0 fully saturated rings. The molecule has 0 bridgehead atoms. The van der Waals surface area contributed by atoms with Crippen LogP contribution in [-0.2, 0) is 4.74 Å². The zero-order chi connectivity index (χ0) is 11.2. The summed E-state index contributed by atoms with van der Waals surface area (Å²) in [5.74, 6) is 0. The van der Waals surface area contributed by atoms with E-state index in [1.165, 1.54) is 0 Å². The Labute approximate surface area is 86.7 Å². The van der Waals surface area contributed by atoms with Crippen molar-refractivity contribution in [2.75, 3.05) is 13.2 Å². The van der Waals surface area contributed by atoms with E-state index in [9.17, 15) is 4.79 Å². The minimum atomic E-state index is -1.09. The predicted octanol–water partition coefficient (Wildman–Crippen LogP) is 1.43. The fourth-order valence-electron chi connectivity index (χ4n) is 0.801. The number of hydrogen-bond acceptors (Lipinski definition) is 3. The van der Waals surface area contributed by atoms with E-state index in [2.05, 4.69) is 25.0 Å². The molecule has 1 amide bonds. The number of amides is 1. The third-order valence-corrected chi connectivity index (χ3v) is 3.46. The topological polar surface area (TPSA) is 58.6 Å². The standard InChI is InChI=1S/C9H21NO3Si/c1-8(7-11)13-9(12)10-5-6-14(2,3)4/h8,11H,5-7H2,1-4H3,(H,10,12). The number of hydrogen-bond donors (Lipinski definition) is 2. The number of alkyl carbamates (subject to hydrolysis) is 1. The summed E-state index contributed by atoms with van der Waals surface area (Å²) < 4.78 is 4.83. The Morgan fingerprint density at radius 3 is 2.50 bits per heavy atom. The van der Waals surface area contributed by atoms with Gasteiger partial charge in [-0.05, 0) is 13.0 Å². The second-order valence-corrected chi connectivity index (χ2v) is 10.3. The molecule has 0 saturated heterocycles. The zero-order valence-electron chi connectivity index (χ0n) is 9.46. The highest BCUT2D eigenvalue weighted by Crippen LogP contribution is 2.05. The molecule has 5 heteroatoms. The number of rotatable bonds is 5. The fraction of sp³-hybridized carbons (Fsp3) is 0.889. The van der Waals surface area contributed by atoms with Crippen LogP contribution in [0.3, 0.4) is 0 Å². The summed E-state index contributed by atoms with van der Waals surface area (Å²) in [4.78, 5) is 11.1. The minimum absolute atomic E-state index is 0.137. The van der Waals surface area contributed by atoms with E-state index in [4.69, 9.17) is 9.84 Å². The molecule has 0 spiro atoms. The molecule has 2 N–H and O–H groups in total. The molecule has 0 aromatic rings. The van der Waals surface area contributed by atoms with Crippen molar-refractivity contribution >= 4 is 14.2 Å². The van der Waals surface area contributed by atoms with Crippen LogP contribution in [0.4, 0.5) is 4.79 Å². The molecule has 0 rings (SSSR count). The number of ether oxygens (including phenoxy) is 1. The third-order valence-electron chi connectivity index (χ3n) is 1.71. The largest absolute Gasteiger partial charge is 0.444 e. The molecule has 0 saturated carbocycles. The van der Waals surface area contributed by atoms with E-state index in [1.54, 1.807) is 6.92 Å². The number of carbonyl (C=O) groups excluding carboxylic acids is 1. The van der Waals surface area contributed by atoms with Crippen molar-refractivity contribution in [3.63, 3.8) is 0 Å². The number of aliphatic hydroxyl groups excluding tert-OH is 1. The Bertz CT molecular complexity index is 179. The molecular weight excluding hydrogens is 198 g/mol. The molecule has 0 aliphatic heterocycles. The maximum absolute atomic E-state index is 11.1. The van der Waals surface area contributed by atoms with E-state index in [0.29, 0.717) is 6.54 Å². The lowest BCUT2D eigenvalue weighted by Crippen LogP contribution is -2.33. The highest BCUT2D eigenvalue weighted by molar-refractivity contribution is 6.76. The summed E-state index contributed by atoms with van der Waals surface area (Å²) in [5, 5.41) is 11.3. The quantitative estimate of drug-likeness (QED) is 0.688. The Morgan fingerprint density at radius 2 is 2.07 bits per heavy atom. The molecule has 84 valence electrons. The number of aliphatic hydroxyl groups is 1. The van der Waals surface area contributed by atoms with Crippen LogP contribution in [0.2, 0.25) is 25.7 Å². The monoisotopic (exact) mass is 219 g/mol. The molecule has 0 aliphatic rings. The maximum Gasteiger partial charge on any atom is 0.407 e. The maximum atomic E-state index is 11.1. The van der Waals surface area contributed by atoms with Gasteiger partial charge in [0.15, 0.2) is 0 Å². The van der Waals surface area contributed by atoms with E-state index in [-0.39, 0.29) is 6.61 Å². The van der Waals surface area contributed by atoms with Gasteiger partial charge in [-0.1, -0.05) is 19.6 Å². The van der Waals surface area contributed by atoms with Crippen LogP contribution < -0.4 is 5.32 Å². The van der Waals surface area contributed by atoms with E-state index in [0.717, 1.165) is 6.04 Å². The van der Waals surface area contributed by atoms with Crippen molar-refractivity contribution < 1.29 is 14.6 Å². The Balaban J connectivity index is 3.55. The lowest BCUT2D eigenvalue weighted by atomic mass is 10.4. The summed E-state index contributed by atoms with van der Waals surface area (Å²) in [5.41, 5.74) is 0. The second-order valence-electron chi connectivity index (χ2n) is 4.64. The molecule has 0 heterocycles. The summed E-state index contributed by atoms with van der Waals surface area (Å²) >= 11 is 0. The predicted molar refractivity (Wildman–Crippen MR) is 59.2 cm³/mol. The van der Waals surface area contributed by atoms with E-state index in [1.807, 2.05) is 0 Å². The first kappa shape index (κ1) is 13.4. The smallest absolute Gasteiger partial charge is 0.407 e. The van der Waals surface area contributed by atoms with Gasteiger partial charge < -0.3 is 15.2 Å². The average Bonchev–Trinajstić information content (AvgIpc) is 2.01.